The highest BCUT2D eigenvalue weighted by atomic mass is 127. The van der Waals surface area contributed by atoms with E-state index < -0.39 is 10.0 Å². The fraction of sp³-hybridized carbons (Fsp3) is 0. The second kappa shape index (κ2) is 5.90. The van der Waals surface area contributed by atoms with Crippen LogP contribution in [-0.2, 0) is 10.0 Å². The first kappa shape index (κ1) is 14.9. The molecule has 1 amide bonds. The Hall–Kier alpha value is -1.45. The summed E-state index contributed by atoms with van der Waals surface area (Å²) in [7, 11) is -3.72. The number of sulfonamides is 1. The topological polar surface area (TPSA) is 89.3 Å². The molecule has 3 N–H and O–H groups in total. The summed E-state index contributed by atoms with van der Waals surface area (Å²) in [6, 6.07) is 12.8. The van der Waals surface area contributed by atoms with Crippen LogP contribution in [0, 0.1) is 3.57 Å². The highest BCUT2D eigenvalue weighted by Crippen LogP contribution is 2.14. The van der Waals surface area contributed by atoms with Crippen LogP contribution in [0.3, 0.4) is 0 Å². The standard InChI is InChI=1S/C13H11IN2O3S/c14-10-3-1-9(2-4-10)13(17)16-11-5-7-12(8-6-11)20(15,18)19/h1-8H,(H,16,17)(H2,15,18,19). The van der Waals surface area contributed by atoms with Gasteiger partial charge >= 0.3 is 0 Å². The van der Waals surface area contributed by atoms with Gasteiger partial charge in [0, 0.05) is 14.8 Å². The van der Waals surface area contributed by atoms with E-state index in [-0.39, 0.29) is 10.8 Å². The van der Waals surface area contributed by atoms with Crippen molar-refractivity contribution in [2.45, 2.75) is 4.90 Å². The molecule has 0 spiro atoms. The molecule has 0 atom stereocenters. The Morgan fingerprint density at radius 1 is 1.00 bits per heavy atom. The number of primary sulfonamides is 1. The van der Waals surface area contributed by atoms with Crippen molar-refractivity contribution >= 4 is 44.2 Å². The summed E-state index contributed by atoms with van der Waals surface area (Å²) in [4.78, 5) is 12.0. The molecule has 2 aromatic carbocycles. The van der Waals surface area contributed by atoms with Crippen LogP contribution in [0.15, 0.2) is 53.4 Å². The van der Waals surface area contributed by atoms with Gasteiger partial charge in [0.2, 0.25) is 10.0 Å². The molecule has 0 aliphatic carbocycles. The second-order valence-corrected chi connectivity index (χ2v) is 6.84. The first-order valence-corrected chi connectivity index (χ1v) is 8.18. The second-order valence-electron chi connectivity index (χ2n) is 4.03. The van der Waals surface area contributed by atoms with E-state index in [1.807, 2.05) is 12.1 Å². The lowest BCUT2D eigenvalue weighted by Crippen LogP contribution is -2.13. The molecule has 2 aromatic rings. The Morgan fingerprint density at radius 2 is 1.55 bits per heavy atom. The lowest BCUT2D eigenvalue weighted by molar-refractivity contribution is 0.102. The van der Waals surface area contributed by atoms with Gasteiger partial charge in [-0.05, 0) is 71.1 Å². The highest BCUT2D eigenvalue weighted by Gasteiger charge is 2.09. The number of amides is 1. The first-order valence-electron chi connectivity index (χ1n) is 5.56. The number of carbonyl (C=O) groups is 1. The number of nitrogens with two attached hydrogens (primary N) is 1. The molecule has 0 heterocycles. The van der Waals surface area contributed by atoms with Crippen molar-refractivity contribution in [1.29, 1.82) is 0 Å². The Bertz CT molecular complexity index is 725. The molecule has 7 heteroatoms. The van der Waals surface area contributed by atoms with Gasteiger partial charge in [0.1, 0.15) is 0 Å². The van der Waals surface area contributed by atoms with E-state index in [0.29, 0.717) is 11.3 Å². The molecule has 0 saturated carbocycles. The van der Waals surface area contributed by atoms with Gasteiger partial charge in [0.05, 0.1) is 4.90 Å². The van der Waals surface area contributed by atoms with Crippen molar-refractivity contribution in [3.05, 3.63) is 57.7 Å². The number of benzene rings is 2. The maximum absolute atomic E-state index is 12.0. The molecular formula is C13H11IN2O3S. The predicted octanol–water partition coefficient (Wildman–Crippen LogP) is 2.19. The van der Waals surface area contributed by atoms with Gasteiger partial charge in [-0.1, -0.05) is 0 Å². The van der Waals surface area contributed by atoms with Crippen molar-refractivity contribution in [2.24, 2.45) is 5.14 Å². The zero-order chi connectivity index (χ0) is 14.8. The molecule has 0 aromatic heterocycles. The van der Waals surface area contributed by atoms with Crippen molar-refractivity contribution in [3.63, 3.8) is 0 Å². The molecule has 2 rings (SSSR count). The third-order valence-electron chi connectivity index (χ3n) is 2.55. The Balaban J connectivity index is 2.14. The molecule has 0 bridgehead atoms. The number of hydrogen-bond donors (Lipinski definition) is 2. The van der Waals surface area contributed by atoms with E-state index in [9.17, 15) is 13.2 Å². The quantitative estimate of drug-likeness (QED) is 0.772. The van der Waals surface area contributed by atoms with Gasteiger partial charge in [-0.25, -0.2) is 13.6 Å². The van der Waals surface area contributed by atoms with Crippen LogP contribution in [0.2, 0.25) is 0 Å². The highest BCUT2D eigenvalue weighted by molar-refractivity contribution is 14.1. The summed E-state index contributed by atoms with van der Waals surface area (Å²) in [6.07, 6.45) is 0. The lowest BCUT2D eigenvalue weighted by atomic mass is 10.2. The molecule has 104 valence electrons. The van der Waals surface area contributed by atoms with Crippen LogP contribution in [0.1, 0.15) is 10.4 Å². The molecular weight excluding hydrogens is 391 g/mol. The molecule has 0 saturated heterocycles. The van der Waals surface area contributed by atoms with Crippen LogP contribution in [0.4, 0.5) is 5.69 Å². The van der Waals surface area contributed by atoms with Crippen molar-refractivity contribution in [2.75, 3.05) is 5.32 Å². The SMILES string of the molecule is NS(=O)(=O)c1ccc(NC(=O)c2ccc(I)cc2)cc1. The van der Waals surface area contributed by atoms with Gasteiger partial charge in [-0.15, -0.1) is 0 Å². The number of carbonyl (C=O) groups excluding carboxylic acids is 1. The molecule has 0 aliphatic rings. The van der Waals surface area contributed by atoms with Crippen molar-refractivity contribution in [1.82, 2.24) is 0 Å². The monoisotopic (exact) mass is 402 g/mol. The smallest absolute Gasteiger partial charge is 0.255 e. The van der Waals surface area contributed by atoms with E-state index in [1.54, 1.807) is 12.1 Å². The zero-order valence-electron chi connectivity index (χ0n) is 10.2. The molecule has 0 unspecified atom stereocenters. The van der Waals surface area contributed by atoms with E-state index >= 15 is 0 Å². The van der Waals surface area contributed by atoms with Crippen LogP contribution in [-0.4, -0.2) is 14.3 Å². The van der Waals surface area contributed by atoms with E-state index in [4.69, 9.17) is 5.14 Å². The zero-order valence-corrected chi connectivity index (χ0v) is 13.2. The number of halogens is 1. The summed E-state index contributed by atoms with van der Waals surface area (Å²) >= 11 is 2.15. The molecule has 20 heavy (non-hydrogen) atoms. The molecule has 0 radical (unpaired) electrons. The van der Waals surface area contributed by atoms with Crippen LogP contribution in [0.5, 0.6) is 0 Å². The summed E-state index contributed by atoms with van der Waals surface area (Å²) in [5, 5.41) is 7.68. The third kappa shape index (κ3) is 3.78. The molecule has 0 aliphatic heterocycles. The third-order valence-corrected chi connectivity index (χ3v) is 4.20. The minimum atomic E-state index is -3.72. The fourth-order valence-corrected chi connectivity index (χ4v) is 2.41. The van der Waals surface area contributed by atoms with Gasteiger partial charge in [0.15, 0.2) is 0 Å². The maximum Gasteiger partial charge on any atom is 0.255 e. The average Bonchev–Trinajstić information content (AvgIpc) is 2.39. The first-order chi connectivity index (χ1) is 9.36. The fourth-order valence-electron chi connectivity index (χ4n) is 1.53. The number of hydrogen-bond acceptors (Lipinski definition) is 3. The number of nitrogens with one attached hydrogen (secondary N) is 1. The van der Waals surface area contributed by atoms with E-state index in [0.717, 1.165) is 3.57 Å². The Morgan fingerprint density at radius 3 is 2.05 bits per heavy atom. The van der Waals surface area contributed by atoms with Crippen LogP contribution >= 0.6 is 22.6 Å². The van der Waals surface area contributed by atoms with E-state index in [1.165, 1.54) is 24.3 Å². The predicted molar refractivity (Wildman–Crippen MR) is 84.9 cm³/mol. The van der Waals surface area contributed by atoms with Gasteiger partial charge in [-0.3, -0.25) is 4.79 Å². The number of rotatable bonds is 3. The normalized spacial score (nSPS) is 11.1. The van der Waals surface area contributed by atoms with Gasteiger partial charge in [0.25, 0.3) is 5.91 Å². The largest absolute Gasteiger partial charge is 0.322 e. The lowest BCUT2D eigenvalue weighted by Gasteiger charge is -2.06. The Kier molecular flexibility index (Phi) is 4.41. The van der Waals surface area contributed by atoms with Gasteiger partial charge in [-0.2, -0.15) is 0 Å². The van der Waals surface area contributed by atoms with Crippen LogP contribution in [0.25, 0.3) is 0 Å². The van der Waals surface area contributed by atoms with Gasteiger partial charge < -0.3 is 5.32 Å². The Labute approximate surface area is 130 Å². The summed E-state index contributed by atoms with van der Waals surface area (Å²) in [6.45, 7) is 0. The van der Waals surface area contributed by atoms with Crippen molar-refractivity contribution in [3.8, 4) is 0 Å². The summed E-state index contributed by atoms with van der Waals surface area (Å²) < 4.78 is 23.3. The summed E-state index contributed by atoms with van der Waals surface area (Å²) in [5.74, 6) is -0.259. The minimum absolute atomic E-state index is 0.00441. The minimum Gasteiger partial charge on any atom is -0.322 e. The van der Waals surface area contributed by atoms with Crippen molar-refractivity contribution < 1.29 is 13.2 Å². The molecule has 0 fully saturated rings. The average molecular weight is 402 g/mol. The van der Waals surface area contributed by atoms with E-state index in [2.05, 4.69) is 27.9 Å². The number of anilines is 1. The van der Waals surface area contributed by atoms with Crippen LogP contribution < -0.4 is 10.5 Å². The summed E-state index contributed by atoms with van der Waals surface area (Å²) in [5.41, 5.74) is 1.03. The molecule has 5 nitrogen and oxygen atoms in total. The maximum atomic E-state index is 12.0.